The van der Waals surface area contributed by atoms with E-state index < -0.39 is 0 Å². The van der Waals surface area contributed by atoms with Gasteiger partial charge in [0.25, 0.3) is 5.91 Å². The van der Waals surface area contributed by atoms with Crippen molar-refractivity contribution in [1.82, 2.24) is 9.97 Å². The molecule has 0 aliphatic rings. The molecular weight excluding hydrogens is 258 g/mol. The molecule has 0 aromatic carbocycles. The molecule has 0 saturated carbocycles. The van der Waals surface area contributed by atoms with Gasteiger partial charge in [0.2, 0.25) is 0 Å². The molecule has 0 fully saturated rings. The van der Waals surface area contributed by atoms with Gasteiger partial charge in [-0.3, -0.25) is 4.79 Å². The number of nitrogens with zero attached hydrogens (tertiary/aromatic N) is 1. The van der Waals surface area contributed by atoms with Gasteiger partial charge >= 0.3 is 0 Å². The number of H-pyrrole nitrogens is 1. The summed E-state index contributed by atoms with van der Waals surface area (Å²) >= 11 is 3.22. The first kappa shape index (κ1) is 9.92. The molecule has 0 atom stereocenters. The summed E-state index contributed by atoms with van der Waals surface area (Å²) in [7, 11) is 0. The molecule has 4 nitrogen and oxygen atoms in total. The molecule has 2 aromatic rings. The molecule has 0 aliphatic carbocycles. The van der Waals surface area contributed by atoms with Crippen LogP contribution in [0.3, 0.4) is 0 Å². The highest BCUT2D eigenvalue weighted by Crippen LogP contribution is 2.11. The summed E-state index contributed by atoms with van der Waals surface area (Å²) in [6, 6.07) is 7.03. The van der Waals surface area contributed by atoms with Crippen molar-refractivity contribution in [3.05, 3.63) is 47.0 Å². The van der Waals surface area contributed by atoms with Crippen LogP contribution >= 0.6 is 15.9 Å². The number of aromatic nitrogens is 2. The van der Waals surface area contributed by atoms with Crippen molar-refractivity contribution in [2.75, 3.05) is 5.32 Å². The minimum atomic E-state index is -0.177. The Labute approximate surface area is 94.9 Å². The topological polar surface area (TPSA) is 57.8 Å². The van der Waals surface area contributed by atoms with Crippen LogP contribution < -0.4 is 5.32 Å². The SMILES string of the molecule is O=C(Nc1ccc(Br)nc1)c1ccc[nH]1. The van der Waals surface area contributed by atoms with Crippen molar-refractivity contribution in [1.29, 1.82) is 0 Å². The van der Waals surface area contributed by atoms with Crippen LogP contribution in [0.15, 0.2) is 41.3 Å². The number of anilines is 1. The van der Waals surface area contributed by atoms with Crippen molar-refractivity contribution in [3.63, 3.8) is 0 Å². The summed E-state index contributed by atoms with van der Waals surface area (Å²) in [4.78, 5) is 18.4. The number of amides is 1. The van der Waals surface area contributed by atoms with Gasteiger partial charge in [0, 0.05) is 6.20 Å². The molecule has 1 amide bonds. The minimum absolute atomic E-state index is 0.177. The van der Waals surface area contributed by atoms with Crippen molar-refractivity contribution < 1.29 is 4.79 Å². The molecule has 0 unspecified atom stereocenters. The van der Waals surface area contributed by atoms with Crippen LogP contribution in [0.25, 0.3) is 0 Å². The van der Waals surface area contributed by atoms with Crippen LogP contribution in [-0.2, 0) is 0 Å². The first-order valence-electron chi connectivity index (χ1n) is 4.32. The molecule has 2 heterocycles. The standard InChI is InChI=1S/C10H8BrN3O/c11-9-4-3-7(6-13-9)14-10(15)8-2-1-5-12-8/h1-6,12H,(H,14,15). The molecular formula is C10H8BrN3O. The van der Waals surface area contributed by atoms with E-state index in [9.17, 15) is 4.79 Å². The molecule has 0 saturated heterocycles. The summed E-state index contributed by atoms with van der Waals surface area (Å²) in [5.41, 5.74) is 1.19. The maximum atomic E-state index is 11.6. The molecule has 76 valence electrons. The van der Waals surface area contributed by atoms with E-state index in [-0.39, 0.29) is 5.91 Å². The lowest BCUT2D eigenvalue weighted by molar-refractivity contribution is 0.102. The number of hydrogen-bond donors (Lipinski definition) is 2. The van der Waals surface area contributed by atoms with Crippen molar-refractivity contribution >= 4 is 27.5 Å². The fraction of sp³-hybridized carbons (Fsp3) is 0. The molecule has 15 heavy (non-hydrogen) atoms. The second-order valence-corrected chi connectivity index (χ2v) is 3.72. The average molecular weight is 266 g/mol. The van der Waals surface area contributed by atoms with Crippen LogP contribution in [0.4, 0.5) is 5.69 Å². The second-order valence-electron chi connectivity index (χ2n) is 2.91. The number of pyridine rings is 1. The highest BCUT2D eigenvalue weighted by molar-refractivity contribution is 9.10. The van der Waals surface area contributed by atoms with Gasteiger partial charge in [0.05, 0.1) is 11.9 Å². The minimum Gasteiger partial charge on any atom is -0.357 e. The predicted octanol–water partition coefficient (Wildman–Crippen LogP) is 2.42. The third-order valence-corrected chi connectivity index (χ3v) is 2.30. The van der Waals surface area contributed by atoms with Gasteiger partial charge in [-0.15, -0.1) is 0 Å². The number of rotatable bonds is 2. The highest BCUT2D eigenvalue weighted by atomic mass is 79.9. The Bertz CT molecular complexity index is 450. The maximum Gasteiger partial charge on any atom is 0.272 e. The van der Waals surface area contributed by atoms with Gasteiger partial charge in [0.15, 0.2) is 0 Å². The van der Waals surface area contributed by atoms with Crippen LogP contribution in [0.2, 0.25) is 0 Å². The number of halogens is 1. The normalized spacial score (nSPS) is 9.93. The average Bonchev–Trinajstić information content (AvgIpc) is 2.74. The van der Waals surface area contributed by atoms with E-state index in [1.807, 2.05) is 0 Å². The molecule has 0 spiro atoms. The largest absolute Gasteiger partial charge is 0.357 e. The van der Waals surface area contributed by atoms with Gasteiger partial charge in [-0.2, -0.15) is 0 Å². The summed E-state index contributed by atoms with van der Waals surface area (Å²) in [5.74, 6) is -0.177. The number of carbonyl (C=O) groups is 1. The number of nitrogens with one attached hydrogen (secondary N) is 2. The van der Waals surface area contributed by atoms with E-state index in [0.717, 1.165) is 4.60 Å². The number of aromatic amines is 1. The van der Waals surface area contributed by atoms with E-state index in [2.05, 4.69) is 31.2 Å². The van der Waals surface area contributed by atoms with Gasteiger partial charge in [-0.1, -0.05) is 0 Å². The summed E-state index contributed by atoms with van der Waals surface area (Å²) < 4.78 is 0.736. The van der Waals surface area contributed by atoms with Crippen molar-refractivity contribution in [3.8, 4) is 0 Å². The van der Waals surface area contributed by atoms with Crippen LogP contribution in [0.1, 0.15) is 10.5 Å². The van der Waals surface area contributed by atoms with Crippen LogP contribution in [-0.4, -0.2) is 15.9 Å². The van der Waals surface area contributed by atoms with Gasteiger partial charge in [0.1, 0.15) is 10.3 Å². The van der Waals surface area contributed by atoms with Gasteiger partial charge < -0.3 is 10.3 Å². The van der Waals surface area contributed by atoms with E-state index in [1.165, 1.54) is 0 Å². The Hall–Kier alpha value is -1.62. The fourth-order valence-corrected chi connectivity index (χ4v) is 1.35. The summed E-state index contributed by atoms with van der Waals surface area (Å²) in [6.07, 6.45) is 3.29. The first-order chi connectivity index (χ1) is 7.25. The third-order valence-electron chi connectivity index (χ3n) is 1.83. The third kappa shape index (κ3) is 2.44. The summed E-state index contributed by atoms with van der Waals surface area (Å²) in [6.45, 7) is 0. The Morgan fingerprint density at radius 1 is 1.40 bits per heavy atom. The van der Waals surface area contributed by atoms with E-state index >= 15 is 0 Å². The predicted molar refractivity (Wildman–Crippen MR) is 60.7 cm³/mol. The zero-order chi connectivity index (χ0) is 10.7. The smallest absolute Gasteiger partial charge is 0.272 e. The molecule has 0 bridgehead atoms. The quantitative estimate of drug-likeness (QED) is 0.820. The number of hydrogen-bond acceptors (Lipinski definition) is 2. The first-order valence-corrected chi connectivity index (χ1v) is 5.11. The molecule has 2 rings (SSSR count). The van der Waals surface area contributed by atoms with E-state index in [1.54, 1.807) is 36.7 Å². The monoisotopic (exact) mass is 265 g/mol. The zero-order valence-corrected chi connectivity index (χ0v) is 9.28. The lowest BCUT2D eigenvalue weighted by Crippen LogP contribution is -2.12. The maximum absolute atomic E-state index is 11.6. The molecule has 5 heteroatoms. The van der Waals surface area contributed by atoms with Gasteiger partial charge in [-0.25, -0.2) is 4.98 Å². The fourth-order valence-electron chi connectivity index (χ4n) is 1.12. The van der Waals surface area contributed by atoms with Crippen molar-refractivity contribution in [2.45, 2.75) is 0 Å². The van der Waals surface area contributed by atoms with Gasteiger partial charge in [-0.05, 0) is 40.2 Å². The molecule has 0 radical (unpaired) electrons. The molecule has 2 aromatic heterocycles. The Morgan fingerprint density at radius 3 is 2.87 bits per heavy atom. The molecule has 0 aliphatic heterocycles. The lowest BCUT2D eigenvalue weighted by atomic mass is 10.3. The number of carbonyl (C=O) groups excluding carboxylic acids is 1. The van der Waals surface area contributed by atoms with E-state index in [0.29, 0.717) is 11.4 Å². The Balaban J connectivity index is 2.09. The van der Waals surface area contributed by atoms with Crippen LogP contribution in [0, 0.1) is 0 Å². The van der Waals surface area contributed by atoms with E-state index in [4.69, 9.17) is 0 Å². The Morgan fingerprint density at radius 2 is 2.27 bits per heavy atom. The highest BCUT2D eigenvalue weighted by Gasteiger charge is 2.05. The van der Waals surface area contributed by atoms with Crippen LogP contribution in [0.5, 0.6) is 0 Å². The lowest BCUT2D eigenvalue weighted by Gasteiger charge is -2.02. The van der Waals surface area contributed by atoms with Crippen molar-refractivity contribution in [2.24, 2.45) is 0 Å². The Kier molecular flexibility index (Phi) is 2.82. The second kappa shape index (κ2) is 4.27. The molecule has 2 N–H and O–H groups in total. The summed E-state index contributed by atoms with van der Waals surface area (Å²) in [5, 5.41) is 2.72. The zero-order valence-electron chi connectivity index (χ0n) is 7.70.